The normalized spacial score (nSPS) is 17.5. The topological polar surface area (TPSA) is 71.5 Å². The SMILES string of the molecule is O=C1C(P(=O)(c2ccccc2)c2ccccc2)C(P(=O)(c2ccccc2)c2ccccc2)C(=O)N1c1ccccc1. The number of carbonyl (C=O) groups is 2. The number of imide groups is 1. The Bertz CT molecular complexity index is 1580. The summed E-state index contributed by atoms with van der Waals surface area (Å²) in [4.78, 5) is 30.4. The van der Waals surface area contributed by atoms with E-state index in [0.717, 1.165) is 4.90 Å². The lowest BCUT2D eigenvalue weighted by Crippen LogP contribution is -2.41. The first-order valence-electron chi connectivity index (χ1n) is 13.3. The predicted octanol–water partition coefficient (Wildman–Crippen LogP) is 5.33. The highest BCUT2D eigenvalue weighted by Crippen LogP contribution is 2.63. The van der Waals surface area contributed by atoms with E-state index in [0.29, 0.717) is 26.9 Å². The quantitative estimate of drug-likeness (QED) is 0.195. The molecule has 0 radical (unpaired) electrons. The third-order valence-electron chi connectivity index (χ3n) is 7.60. The van der Waals surface area contributed by atoms with Crippen molar-refractivity contribution in [3.63, 3.8) is 0 Å². The van der Waals surface area contributed by atoms with Crippen molar-refractivity contribution >= 4 is 53.0 Å². The van der Waals surface area contributed by atoms with Gasteiger partial charge in [0.05, 0.1) is 5.69 Å². The molecule has 1 fully saturated rings. The first-order chi connectivity index (χ1) is 20.0. The van der Waals surface area contributed by atoms with Gasteiger partial charge >= 0.3 is 0 Å². The standard InChI is InChI=1S/C34H27NO4P2/c36-33-31(40(38,27-18-8-2-9-19-27)28-20-10-3-11-21-28)32(34(37)35(33)26-16-6-1-7-17-26)41(39,29-22-12-4-13-23-29)30-24-14-5-15-25-30/h1-25,31-32H. The summed E-state index contributed by atoms with van der Waals surface area (Å²) in [5.41, 5.74) is -2.44. The number of anilines is 1. The summed E-state index contributed by atoms with van der Waals surface area (Å²) in [6.45, 7) is 0. The average molecular weight is 576 g/mol. The molecule has 0 aliphatic carbocycles. The Balaban J connectivity index is 1.70. The van der Waals surface area contributed by atoms with Crippen LogP contribution in [0.25, 0.3) is 0 Å². The van der Waals surface area contributed by atoms with Gasteiger partial charge in [-0.25, -0.2) is 4.90 Å². The highest BCUT2D eigenvalue weighted by atomic mass is 31.2. The highest BCUT2D eigenvalue weighted by Gasteiger charge is 2.63. The van der Waals surface area contributed by atoms with Crippen molar-refractivity contribution in [3.8, 4) is 0 Å². The highest BCUT2D eigenvalue weighted by molar-refractivity contribution is 7.84. The molecular weight excluding hydrogens is 548 g/mol. The van der Waals surface area contributed by atoms with Gasteiger partial charge in [0, 0.05) is 21.2 Å². The summed E-state index contributed by atoms with van der Waals surface area (Å²) >= 11 is 0. The van der Waals surface area contributed by atoms with Crippen LogP contribution in [0, 0.1) is 0 Å². The van der Waals surface area contributed by atoms with Crippen LogP contribution >= 0.6 is 14.3 Å². The molecule has 0 saturated carbocycles. The van der Waals surface area contributed by atoms with Crippen molar-refractivity contribution in [2.45, 2.75) is 11.3 Å². The largest absolute Gasteiger partial charge is 0.313 e. The molecule has 1 saturated heterocycles. The van der Waals surface area contributed by atoms with Gasteiger partial charge in [0.1, 0.15) is 11.3 Å². The Hall–Kier alpha value is -4.30. The van der Waals surface area contributed by atoms with E-state index in [1.54, 1.807) is 127 Å². The Labute approximate surface area is 239 Å². The van der Waals surface area contributed by atoms with E-state index in [-0.39, 0.29) is 0 Å². The minimum absolute atomic E-state index is 0.357. The Kier molecular flexibility index (Phi) is 7.17. The molecule has 5 aromatic rings. The zero-order valence-electron chi connectivity index (χ0n) is 22.1. The van der Waals surface area contributed by atoms with Gasteiger partial charge in [-0.05, 0) is 12.1 Å². The first-order valence-corrected chi connectivity index (χ1v) is 16.9. The van der Waals surface area contributed by atoms with Crippen molar-refractivity contribution in [2.75, 3.05) is 4.90 Å². The molecule has 1 aliphatic heterocycles. The second kappa shape index (κ2) is 10.9. The number of carbonyl (C=O) groups excluding carboxylic acids is 2. The number of benzene rings is 5. The minimum atomic E-state index is -3.90. The molecule has 0 aromatic heterocycles. The number of nitrogens with zero attached hydrogens (tertiary/aromatic N) is 1. The van der Waals surface area contributed by atoms with Crippen LogP contribution in [0.3, 0.4) is 0 Å². The van der Waals surface area contributed by atoms with Crippen LogP contribution in [-0.4, -0.2) is 23.1 Å². The van der Waals surface area contributed by atoms with Crippen LogP contribution in [0.1, 0.15) is 0 Å². The maximum Gasteiger partial charge on any atom is 0.246 e. The van der Waals surface area contributed by atoms with E-state index in [2.05, 4.69) is 0 Å². The molecule has 5 aromatic carbocycles. The maximum atomic E-state index is 15.8. The van der Waals surface area contributed by atoms with Gasteiger partial charge in [0.25, 0.3) is 0 Å². The molecule has 202 valence electrons. The van der Waals surface area contributed by atoms with Crippen LogP contribution in [0.2, 0.25) is 0 Å². The summed E-state index contributed by atoms with van der Waals surface area (Å²) in [7, 11) is -7.80. The monoisotopic (exact) mass is 575 g/mol. The van der Waals surface area contributed by atoms with Gasteiger partial charge < -0.3 is 9.13 Å². The molecule has 0 spiro atoms. The van der Waals surface area contributed by atoms with Gasteiger partial charge in [0.2, 0.25) is 11.8 Å². The average Bonchev–Trinajstić information content (AvgIpc) is 3.32. The fourth-order valence-electron chi connectivity index (χ4n) is 5.72. The van der Waals surface area contributed by atoms with Crippen molar-refractivity contribution < 1.29 is 18.7 Å². The van der Waals surface area contributed by atoms with Crippen LogP contribution in [-0.2, 0) is 18.7 Å². The van der Waals surface area contributed by atoms with Gasteiger partial charge in [-0.2, -0.15) is 0 Å². The number of rotatable bonds is 7. The van der Waals surface area contributed by atoms with Crippen LogP contribution in [0.4, 0.5) is 5.69 Å². The van der Waals surface area contributed by atoms with Crippen molar-refractivity contribution in [1.82, 2.24) is 0 Å². The molecule has 0 N–H and O–H groups in total. The number of amides is 2. The summed E-state index contributed by atoms with van der Waals surface area (Å²) in [6, 6.07) is 43.8. The fourth-order valence-corrected chi connectivity index (χ4v) is 13.1. The van der Waals surface area contributed by atoms with E-state index < -0.39 is 37.4 Å². The summed E-state index contributed by atoms with van der Waals surface area (Å²) < 4.78 is 31.5. The van der Waals surface area contributed by atoms with Gasteiger partial charge in [0.15, 0.2) is 14.3 Å². The minimum Gasteiger partial charge on any atom is -0.313 e. The van der Waals surface area contributed by atoms with Crippen molar-refractivity contribution in [2.24, 2.45) is 0 Å². The fraction of sp³-hybridized carbons (Fsp3) is 0.0588. The van der Waals surface area contributed by atoms with E-state index in [1.165, 1.54) is 0 Å². The molecule has 6 rings (SSSR count). The maximum absolute atomic E-state index is 15.8. The van der Waals surface area contributed by atoms with Crippen LogP contribution < -0.4 is 26.1 Å². The number of hydrogen-bond acceptors (Lipinski definition) is 4. The number of hydrogen-bond donors (Lipinski definition) is 0. The molecule has 2 atom stereocenters. The zero-order chi connectivity index (χ0) is 28.5. The summed E-state index contributed by atoms with van der Waals surface area (Å²) in [5, 5.41) is 1.74. The lowest BCUT2D eigenvalue weighted by atomic mass is 10.3. The lowest BCUT2D eigenvalue weighted by molar-refractivity contribution is -0.121. The Morgan fingerprint density at radius 2 is 0.634 bits per heavy atom. The van der Waals surface area contributed by atoms with Crippen molar-refractivity contribution in [3.05, 3.63) is 152 Å². The Morgan fingerprint density at radius 3 is 0.902 bits per heavy atom. The molecule has 1 aliphatic rings. The van der Waals surface area contributed by atoms with Crippen molar-refractivity contribution in [1.29, 1.82) is 0 Å². The zero-order valence-corrected chi connectivity index (χ0v) is 23.9. The number of para-hydroxylation sites is 1. The van der Waals surface area contributed by atoms with E-state index in [4.69, 9.17) is 0 Å². The summed E-state index contributed by atoms with van der Waals surface area (Å²) in [5.74, 6) is -1.23. The lowest BCUT2D eigenvalue weighted by Gasteiger charge is -2.32. The third kappa shape index (κ3) is 4.43. The van der Waals surface area contributed by atoms with E-state index in [9.17, 15) is 9.59 Å². The molecule has 7 heteroatoms. The third-order valence-corrected chi connectivity index (χ3v) is 14.7. The predicted molar refractivity (Wildman–Crippen MR) is 166 cm³/mol. The molecule has 2 amide bonds. The smallest absolute Gasteiger partial charge is 0.246 e. The van der Waals surface area contributed by atoms with Crippen LogP contribution in [0.5, 0.6) is 0 Å². The first kappa shape index (κ1) is 26.9. The molecule has 5 nitrogen and oxygen atoms in total. The van der Waals surface area contributed by atoms with Gasteiger partial charge in [-0.15, -0.1) is 0 Å². The second-order valence-electron chi connectivity index (χ2n) is 9.90. The molecular formula is C34H27NO4P2. The van der Waals surface area contributed by atoms with Crippen LogP contribution in [0.15, 0.2) is 152 Å². The van der Waals surface area contributed by atoms with Gasteiger partial charge in [-0.3, -0.25) is 9.59 Å². The van der Waals surface area contributed by atoms with E-state index in [1.807, 2.05) is 24.3 Å². The molecule has 41 heavy (non-hydrogen) atoms. The van der Waals surface area contributed by atoms with E-state index >= 15 is 9.13 Å². The molecule has 0 bridgehead atoms. The molecule has 1 heterocycles. The Morgan fingerprint density at radius 1 is 0.390 bits per heavy atom. The second-order valence-corrected chi connectivity index (χ2v) is 15.7. The molecule has 2 unspecified atom stereocenters. The summed E-state index contributed by atoms with van der Waals surface area (Å²) in [6.07, 6.45) is 0. The van der Waals surface area contributed by atoms with Gasteiger partial charge in [-0.1, -0.05) is 140 Å².